The van der Waals surface area contributed by atoms with Crippen LogP contribution in [0.25, 0.3) is 5.69 Å². The van der Waals surface area contributed by atoms with Gasteiger partial charge in [0, 0.05) is 23.6 Å². The molecule has 5 rings (SSSR count). The SMILES string of the molecule is CCN1C(=O)[C@@H](NC(=O)c2cccc(C(F)(F)F)c2)[C@@H](c2ccc(F)cc2)c2c(C(F)CNC#N)nn(-c3ccccc3)c21. The van der Waals surface area contributed by atoms with Crippen LogP contribution in [-0.2, 0) is 11.0 Å². The van der Waals surface area contributed by atoms with Crippen molar-refractivity contribution in [2.24, 2.45) is 0 Å². The van der Waals surface area contributed by atoms with Crippen LogP contribution in [0, 0.1) is 17.3 Å². The molecule has 226 valence electrons. The molecule has 1 aliphatic heterocycles. The molecule has 44 heavy (non-hydrogen) atoms. The smallest absolute Gasteiger partial charge is 0.339 e. The lowest BCUT2D eigenvalue weighted by atomic mass is 9.80. The van der Waals surface area contributed by atoms with Crippen molar-refractivity contribution >= 4 is 17.6 Å². The molecule has 0 saturated heterocycles. The summed E-state index contributed by atoms with van der Waals surface area (Å²) in [6, 6.07) is 16.0. The van der Waals surface area contributed by atoms with E-state index in [2.05, 4.69) is 15.7 Å². The van der Waals surface area contributed by atoms with Crippen molar-refractivity contribution in [3.05, 3.63) is 113 Å². The van der Waals surface area contributed by atoms with Gasteiger partial charge < -0.3 is 10.6 Å². The molecule has 2 amide bonds. The van der Waals surface area contributed by atoms with Gasteiger partial charge in [-0.15, -0.1) is 0 Å². The zero-order chi connectivity index (χ0) is 31.6. The predicted octanol–water partition coefficient (Wildman–Crippen LogP) is 5.41. The summed E-state index contributed by atoms with van der Waals surface area (Å²) in [5.41, 5.74) is -0.523. The van der Waals surface area contributed by atoms with Crippen molar-refractivity contribution in [3.8, 4) is 11.9 Å². The fourth-order valence-corrected chi connectivity index (χ4v) is 5.33. The third-order valence-corrected chi connectivity index (χ3v) is 7.30. The Bertz CT molecular complexity index is 1720. The Balaban J connectivity index is 1.72. The quantitative estimate of drug-likeness (QED) is 0.158. The Morgan fingerprint density at radius 2 is 1.77 bits per heavy atom. The summed E-state index contributed by atoms with van der Waals surface area (Å²) < 4.78 is 71.5. The fourth-order valence-electron chi connectivity index (χ4n) is 5.33. The topological polar surface area (TPSA) is 103 Å². The number of benzene rings is 3. The van der Waals surface area contributed by atoms with Gasteiger partial charge in [0.25, 0.3) is 11.8 Å². The number of nitrogens with zero attached hydrogens (tertiary/aromatic N) is 4. The lowest BCUT2D eigenvalue weighted by molar-refractivity contribution is -0.137. The van der Waals surface area contributed by atoms with Crippen molar-refractivity contribution in [1.82, 2.24) is 20.4 Å². The Labute approximate surface area is 248 Å². The number of alkyl halides is 4. The van der Waals surface area contributed by atoms with Crippen molar-refractivity contribution in [3.63, 3.8) is 0 Å². The number of nitrogens with one attached hydrogen (secondary N) is 2. The van der Waals surface area contributed by atoms with Gasteiger partial charge in [-0.25, -0.2) is 13.5 Å². The average molecular weight is 609 g/mol. The molecular formula is C31H25F5N6O2. The highest BCUT2D eigenvalue weighted by Gasteiger charge is 2.47. The number of aromatic nitrogens is 2. The highest BCUT2D eigenvalue weighted by atomic mass is 19.4. The number of anilines is 1. The zero-order valence-corrected chi connectivity index (χ0v) is 23.1. The van der Waals surface area contributed by atoms with Crippen LogP contribution in [0.15, 0.2) is 78.9 Å². The van der Waals surface area contributed by atoms with E-state index >= 15 is 4.39 Å². The first-order valence-electron chi connectivity index (χ1n) is 13.5. The third kappa shape index (κ3) is 5.70. The minimum atomic E-state index is -4.71. The van der Waals surface area contributed by atoms with Gasteiger partial charge in [0.1, 0.15) is 23.4 Å². The van der Waals surface area contributed by atoms with Crippen molar-refractivity contribution in [2.45, 2.75) is 31.2 Å². The fraction of sp³-hybridized carbons (Fsp3) is 0.226. The van der Waals surface area contributed by atoms with Gasteiger partial charge >= 0.3 is 6.18 Å². The summed E-state index contributed by atoms with van der Waals surface area (Å²) >= 11 is 0. The molecule has 0 bridgehead atoms. The molecule has 4 aromatic rings. The van der Waals surface area contributed by atoms with Gasteiger partial charge in [-0.2, -0.15) is 23.5 Å². The van der Waals surface area contributed by atoms with Crippen LogP contribution in [0.3, 0.4) is 0 Å². The van der Waals surface area contributed by atoms with E-state index < -0.39 is 54.0 Å². The van der Waals surface area contributed by atoms with Crippen LogP contribution in [0.2, 0.25) is 0 Å². The van der Waals surface area contributed by atoms with E-state index in [1.807, 2.05) is 0 Å². The molecular weight excluding hydrogens is 583 g/mol. The molecule has 0 spiro atoms. The lowest BCUT2D eigenvalue weighted by Crippen LogP contribution is -2.55. The highest BCUT2D eigenvalue weighted by Crippen LogP contribution is 2.45. The number of carbonyl (C=O) groups is 2. The Kier molecular flexibility index (Phi) is 8.35. The second-order valence-corrected chi connectivity index (χ2v) is 9.97. The van der Waals surface area contributed by atoms with Crippen LogP contribution in [-0.4, -0.2) is 40.7 Å². The van der Waals surface area contributed by atoms with Gasteiger partial charge in [0.15, 0.2) is 12.4 Å². The summed E-state index contributed by atoms with van der Waals surface area (Å²) in [6.45, 7) is 1.27. The van der Waals surface area contributed by atoms with Gasteiger partial charge in [-0.1, -0.05) is 36.4 Å². The Hall–Kier alpha value is -5.25. The van der Waals surface area contributed by atoms with Crippen LogP contribution in [0.1, 0.15) is 51.8 Å². The molecule has 1 aliphatic rings. The van der Waals surface area contributed by atoms with E-state index in [4.69, 9.17) is 5.26 Å². The molecule has 0 fully saturated rings. The number of halogens is 5. The number of rotatable bonds is 8. The van der Waals surface area contributed by atoms with Crippen molar-refractivity contribution < 1.29 is 31.5 Å². The van der Waals surface area contributed by atoms with Crippen LogP contribution < -0.4 is 15.5 Å². The molecule has 2 N–H and O–H groups in total. The molecule has 13 heteroatoms. The molecule has 0 aliphatic carbocycles. The third-order valence-electron chi connectivity index (χ3n) is 7.30. The summed E-state index contributed by atoms with van der Waals surface area (Å²) in [7, 11) is 0. The summed E-state index contributed by atoms with van der Waals surface area (Å²) in [4.78, 5) is 28.9. The largest absolute Gasteiger partial charge is 0.416 e. The second kappa shape index (κ2) is 12.2. The van der Waals surface area contributed by atoms with Crippen LogP contribution in [0.4, 0.5) is 27.8 Å². The number of amides is 2. The predicted molar refractivity (Wildman–Crippen MR) is 150 cm³/mol. The zero-order valence-electron chi connectivity index (χ0n) is 23.1. The van der Waals surface area contributed by atoms with E-state index in [1.165, 1.54) is 27.8 Å². The monoisotopic (exact) mass is 608 g/mol. The molecule has 2 heterocycles. The van der Waals surface area contributed by atoms with E-state index in [0.29, 0.717) is 17.3 Å². The van der Waals surface area contributed by atoms with Gasteiger partial charge in [-0.3, -0.25) is 14.5 Å². The van der Waals surface area contributed by atoms with Crippen molar-refractivity contribution in [1.29, 1.82) is 5.26 Å². The maximum absolute atomic E-state index is 15.9. The standard InChI is InChI=1S/C31H25F5N6O2/c1-2-41-29-25(26(23(33)16-38-17-37)40-42(29)22-9-4-3-5-10-22)24(18-11-13-21(32)14-12-18)27(30(41)44)39-28(43)19-7-6-8-20(15-19)31(34,35)36/h3-15,23-24,27,38H,2,16H2,1H3,(H,39,43)/t23?,24-,27-/m0/s1. The highest BCUT2D eigenvalue weighted by molar-refractivity contribution is 6.05. The minimum Gasteiger partial charge on any atom is -0.339 e. The Morgan fingerprint density at radius 1 is 1.07 bits per heavy atom. The lowest BCUT2D eigenvalue weighted by Gasteiger charge is -2.38. The molecule has 3 aromatic carbocycles. The number of carbonyl (C=O) groups excluding carboxylic acids is 2. The summed E-state index contributed by atoms with van der Waals surface area (Å²) in [5, 5.41) is 18.4. The second-order valence-electron chi connectivity index (χ2n) is 9.97. The van der Waals surface area contributed by atoms with E-state index in [0.717, 1.165) is 24.3 Å². The minimum absolute atomic E-state index is 0.0588. The normalized spacial score (nSPS) is 17.0. The van der Waals surface area contributed by atoms with Crippen LogP contribution >= 0.6 is 0 Å². The maximum Gasteiger partial charge on any atom is 0.416 e. The molecule has 8 nitrogen and oxygen atoms in total. The summed E-state index contributed by atoms with van der Waals surface area (Å²) in [6.07, 6.45) is -4.91. The summed E-state index contributed by atoms with van der Waals surface area (Å²) in [5.74, 6) is -3.12. The van der Waals surface area contributed by atoms with Gasteiger partial charge in [0.2, 0.25) is 0 Å². The number of para-hydroxylation sites is 1. The number of hydrogen-bond donors (Lipinski definition) is 2. The number of hydrogen-bond acceptors (Lipinski definition) is 5. The van der Waals surface area contributed by atoms with E-state index in [9.17, 15) is 27.2 Å². The molecule has 1 aromatic heterocycles. The first-order chi connectivity index (χ1) is 21.0. The van der Waals surface area contributed by atoms with Gasteiger partial charge in [-0.05, 0) is 55.0 Å². The van der Waals surface area contributed by atoms with Gasteiger partial charge in [0.05, 0.1) is 17.8 Å². The molecule has 0 radical (unpaired) electrons. The molecule has 1 unspecified atom stereocenters. The van der Waals surface area contributed by atoms with E-state index in [1.54, 1.807) is 43.4 Å². The number of nitriles is 1. The average Bonchev–Trinajstić information content (AvgIpc) is 3.41. The number of fused-ring (bicyclic) bond motifs is 1. The van der Waals surface area contributed by atoms with Crippen LogP contribution in [0.5, 0.6) is 0 Å². The van der Waals surface area contributed by atoms with E-state index in [-0.39, 0.29) is 29.2 Å². The first-order valence-corrected chi connectivity index (χ1v) is 13.5. The first kappa shape index (κ1) is 30.2. The molecule has 3 atom stereocenters. The van der Waals surface area contributed by atoms with Crippen molar-refractivity contribution in [2.75, 3.05) is 18.0 Å². The Morgan fingerprint density at radius 3 is 2.41 bits per heavy atom. The molecule has 0 saturated carbocycles. The maximum atomic E-state index is 15.9. The number of likely N-dealkylation sites (N-methyl/N-ethyl adjacent to an activating group) is 1.